The Hall–Kier alpha value is -2.60. The molecule has 0 unspecified atom stereocenters. The van der Waals surface area contributed by atoms with E-state index in [9.17, 15) is 9.18 Å². The average Bonchev–Trinajstić information content (AvgIpc) is 2.89. The summed E-state index contributed by atoms with van der Waals surface area (Å²) < 4.78 is 15.4. The first kappa shape index (κ1) is 15.0. The SMILES string of the molecule is Cc1cc(C)c2c(n1)sc1c(=O)n(Cc3cccc(F)c3)cnc12. The van der Waals surface area contributed by atoms with Gasteiger partial charge in [-0.2, -0.15) is 0 Å². The predicted octanol–water partition coefficient (Wildman–Crippen LogP) is 3.81. The highest BCUT2D eigenvalue weighted by Gasteiger charge is 2.15. The van der Waals surface area contributed by atoms with Crippen molar-refractivity contribution in [2.75, 3.05) is 0 Å². The maximum Gasteiger partial charge on any atom is 0.271 e. The topological polar surface area (TPSA) is 47.8 Å². The lowest BCUT2D eigenvalue weighted by molar-refractivity contribution is 0.622. The molecule has 0 amide bonds. The van der Waals surface area contributed by atoms with Crippen molar-refractivity contribution in [2.45, 2.75) is 20.4 Å². The van der Waals surface area contributed by atoms with Crippen molar-refractivity contribution in [1.82, 2.24) is 14.5 Å². The van der Waals surface area contributed by atoms with E-state index in [1.807, 2.05) is 19.9 Å². The molecule has 0 bridgehead atoms. The molecule has 4 nitrogen and oxygen atoms in total. The van der Waals surface area contributed by atoms with Crippen molar-refractivity contribution in [1.29, 1.82) is 0 Å². The fraction of sp³-hybridized carbons (Fsp3) is 0.167. The number of nitrogens with zero attached hydrogens (tertiary/aromatic N) is 3. The molecule has 120 valence electrons. The van der Waals surface area contributed by atoms with E-state index in [2.05, 4.69) is 9.97 Å². The summed E-state index contributed by atoms with van der Waals surface area (Å²) in [7, 11) is 0. The van der Waals surface area contributed by atoms with Crippen molar-refractivity contribution < 1.29 is 4.39 Å². The first-order chi connectivity index (χ1) is 11.5. The van der Waals surface area contributed by atoms with Crippen molar-refractivity contribution in [3.8, 4) is 0 Å². The van der Waals surface area contributed by atoms with Gasteiger partial charge in [0.2, 0.25) is 0 Å². The predicted molar refractivity (Wildman–Crippen MR) is 94.2 cm³/mol. The van der Waals surface area contributed by atoms with Crippen LogP contribution in [0.2, 0.25) is 0 Å². The Morgan fingerprint density at radius 2 is 2.08 bits per heavy atom. The number of fused-ring (bicyclic) bond motifs is 3. The average molecular weight is 339 g/mol. The molecule has 0 N–H and O–H groups in total. The van der Waals surface area contributed by atoms with E-state index in [0.29, 0.717) is 16.8 Å². The van der Waals surface area contributed by atoms with E-state index < -0.39 is 0 Å². The summed E-state index contributed by atoms with van der Waals surface area (Å²) in [5, 5.41) is 0.940. The fourth-order valence-electron chi connectivity index (χ4n) is 2.95. The Balaban J connectivity index is 1.91. The first-order valence-electron chi connectivity index (χ1n) is 7.53. The quantitative estimate of drug-likeness (QED) is 0.558. The molecular weight excluding hydrogens is 325 g/mol. The van der Waals surface area contributed by atoms with E-state index in [-0.39, 0.29) is 11.4 Å². The summed E-state index contributed by atoms with van der Waals surface area (Å²) in [4.78, 5) is 22.6. The number of rotatable bonds is 2. The Morgan fingerprint density at radius 1 is 1.25 bits per heavy atom. The minimum atomic E-state index is -0.313. The van der Waals surface area contributed by atoms with Gasteiger partial charge in [0.15, 0.2) is 0 Å². The number of pyridine rings is 1. The fourth-order valence-corrected chi connectivity index (χ4v) is 4.14. The molecule has 1 aromatic carbocycles. The van der Waals surface area contributed by atoms with Gasteiger partial charge in [-0.25, -0.2) is 14.4 Å². The van der Waals surface area contributed by atoms with Gasteiger partial charge >= 0.3 is 0 Å². The third-order valence-electron chi connectivity index (χ3n) is 3.99. The van der Waals surface area contributed by atoms with Gasteiger partial charge in [0.25, 0.3) is 5.56 Å². The lowest BCUT2D eigenvalue weighted by Gasteiger charge is -2.05. The summed E-state index contributed by atoms with van der Waals surface area (Å²) >= 11 is 1.36. The maximum absolute atomic E-state index is 13.3. The molecule has 4 rings (SSSR count). The minimum absolute atomic E-state index is 0.121. The van der Waals surface area contributed by atoms with E-state index in [0.717, 1.165) is 27.0 Å². The summed E-state index contributed by atoms with van der Waals surface area (Å²) in [6, 6.07) is 8.23. The van der Waals surface area contributed by atoms with Gasteiger partial charge in [-0.1, -0.05) is 12.1 Å². The first-order valence-corrected chi connectivity index (χ1v) is 8.35. The number of aromatic nitrogens is 3. The van der Waals surface area contributed by atoms with Gasteiger partial charge in [-0.15, -0.1) is 11.3 Å². The second kappa shape index (κ2) is 5.49. The summed E-state index contributed by atoms with van der Waals surface area (Å²) in [6.45, 7) is 4.23. The lowest BCUT2D eigenvalue weighted by atomic mass is 10.1. The summed E-state index contributed by atoms with van der Waals surface area (Å²) in [6.07, 6.45) is 1.53. The van der Waals surface area contributed by atoms with Crippen molar-refractivity contribution >= 4 is 31.8 Å². The highest BCUT2D eigenvalue weighted by molar-refractivity contribution is 7.25. The standard InChI is InChI=1S/C18H14FN3OS/c1-10-6-11(2)21-17-14(10)15-16(24-17)18(23)22(9-20-15)8-12-4-3-5-13(19)7-12/h3-7,9H,8H2,1-2H3. The zero-order chi connectivity index (χ0) is 16.8. The van der Waals surface area contributed by atoms with E-state index >= 15 is 0 Å². The molecule has 0 aliphatic rings. The van der Waals surface area contributed by atoms with Crippen LogP contribution in [0.3, 0.4) is 0 Å². The molecule has 0 fully saturated rings. The maximum atomic E-state index is 13.3. The Morgan fingerprint density at radius 3 is 2.88 bits per heavy atom. The molecule has 24 heavy (non-hydrogen) atoms. The van der Waals surface area contributed by atoms with Crippen LogP contribution in [0.5, 0.6) is 0 Å². The molecule has 0 spiro atoms. The lowest BCUT2D eigenvalue weighted by Crippen LogP contribution is -2.20. The Kier molecular flexibility index (Phi) is 3.42. The number of benzene rings is 1. The Bertz CT molecular complexity index is 1150. The van der Waals surface area contributed by atoms with Crippen LogP contribution in [0.4, 0.5) is 4.39 Å². The minimum Gasteiger partial charge on any atom is -0.294 e. The molecular formula is C18H14FN3OS. The molecule has 0 aliphatic carbocycles. The van der Waals surface area contributed by atoms with E-state index in [4.69, 9.17) is 0 Å². The van der Waals surface area contributed by atoms with Gasteiger partial charge in [-0.3, -0.25) is 9.36 Å². The third-order valence-corrected chi connectivity index (χ3v) is 5.05. The largest absolute Gasteiger partial charge is 0.294 e. The molecule has 3 aromatic heterocycles. The van der Waals surface area contributed by atoms with Crippen molar-refractivity contribution in [2.24, 2.45) is 0 Å². The smallest absolute Gasteiger partial charge is 0.271 e. The third kappa shape index (κ3) is 2.39. The highest BCUT2D eigenvalue weighted by Crippen LogP contribution is 2.31. The Labute approximate surface area is 141 Å². The van der Waals surface area contributed by atoms with Crippen LogP contribution in [0, 0.1) is 19.7 Å². The normalized spacial score (nSPS) is 11.5. The van der Waals surface area contributed by atoms with E-state index in [1.165, 1.54) is 34.4 Å². The van der Waals surface area contributed by atoms with Gasteiger partial charge < -0.3 is 0 Å². The van der Waals surface area contributed by atoms with Gasteiger partial charge in [0.1, 0.15) is 15.3 Å². The molecule has 0 aliphatic heterocycles. The molecule has 0 atom stereocenters. The number of thiophene rings is 1. The highest BCUT2D eigenvalue weighted by atomic mass is 32.1. The number of hydrogen-bond donors (Lipinski definition) is 0. The summed E-state index contributed by atoms with van der Waals surface area (Å²) in [5.41, 5.74) is 3.29. The molecule has 3 heterocycles. The van der Waals surface area contributed by atoms with Gasteiger partial charge in [0, 0.05) is 11.1 Å². The zero-order valence-electron chi connectivity index (χ0n) is 13.2. The second-order valence-corrected chi connectivity index (χ2v) is 6.85. The number of aryl methyl sites for hydroxylation is 2. The van der Waals surface area contributed by atoms with Crippen LogP contribution in [0.1, 0.15) is 16.8 Å². The van der Waals surface area contributed by atoms with Crippen LogP contribution >= 0.6 is 11.3 Å². The summed E-state index contributed by atoms with van der Waals surface area (Å²) in [5.74, 6) is -0.313. The second-order valence-electron chi connectivity index (χ2n) is 5.85. The molecule has 0 saturated heterocycles. The van der Waals surface area contributed by atoms with Gasteiger partial charge in [0.05, 0.1) is 18.4 Å². The molecule has 6 heteroatoms. The molecule has 0 saturated carbocycles. The van der Waals surface area contributed by atoms with Crippen LogP contribution in [-0.2, 0) is 6.54 Å². The molecule has 4 aromatic rings. The van der Waals surface area contributed by atoms with Gasteiger partial charge in [-0.05, 0) is 43.2 Å². The number of halogens is 1. The van der Waals surface area contributed by atoms with Crippen molar-refractivity contribution in [3.63, 3.8) is 0 Å². The van der Waals surface area contributed by atoms with Crippen LogP contribution in [-0.4, -0.2) is 14.5 Å². The van der Waals surface area contributed by atoms with Crippen LogP contribution in [0.15, 0.2) is 41.5 Å². The van der Waals surface area contributed by atoms with Crippen LogP contribution in [0.25, 0.3) is 20.4 Å². The molecule has 0 radical (unpaired) electrons. The van der Waals surface area contributed by atoms with E-state index in [1.54, 1.807) is 12.1 Å². The zero-order valence-corrected chi connectivity index (χ0v) is 14.0. The number of hydrogen-bond acceptors (Lipinski definition) is 4. The van der Waals surface area contributed by atoms with Crippen molar-refractivity contribution in [3.05, 3.63) is 69.7 Å². The van der Waals surface area contributed by atoms with Crippen LogP contribution < -0.4 is 5.56 Å². The monoisotopic (exact) mass is 339 g/mol.